The summed E-state index contributed by atoms with van der Waals surface area (Å²) in [6, 6.07) is 2.55. The summed E-state index contributed by atoms with van der Waals surface area (Å²) in [6.07, 6.45) is 8.82. The molecule has 5 rings (SSSR count). The molecule has 3 aromatic heterocycles. The van der Waals surface area contributed by atoms with E-state index in [1.165, 1.54) is 18.5 Å². The van der Waals surface area contributed by atoms with Gasteiger partial charge in [0.25, 0.3) is 0 Å². The minimum atomic E-state index is 0.410. The van der Waals surface area contributed by atoms with E-state index in [1.54, 1.807) is 6.33 Å². The van der Waals surface area contributed by atoms with Gasteiger partial charge >= 0.3 is 0 Å². The van der Waals surface area contributed by atoms with Gasteiger partial charge in [0, 0.05) is 56.6 Å². The molecule has 0 aromatic carbocycles. The summed E-state index contributed by atoms with van der Waals surface area (Å²) in [5.74, 6) is 3.52. The summed E-state index contributed by atoms with van der Waals surface area (Å²) in [6.45, 7) is 3.89. The van der Waals surface area contributed by atoms with Gasteiger partial charge in [0.15, 0.2) is 5.82 Å². The SMILES string of the molecule is CCc1nnc2c(N3CC(N(C)c4cc(C5CC5)ncn4)C3)nccn12. The van der Waals surface area contributed by atoms with Gasteiger partial charge in [-0.3, -0.25) is 4.40 Å². The van der Waals surface area contributed by atoms with Crippen LogP contribution in [0.15, 0.2) is 24.8 Å². The second-order valence-corrected chi connectivity index (χ2v) is 7.16. The smallest absolute Gasteiger partial charge is 0.203 e. The van der Waals surface area contributed by atoms with Gasteiger partial charge in [-0.2, -0.15) is 0 Å². The third kappa shape index (κ3) is 2.48. The van der Waals surface area contributed by atoms with Crippen molar-refractivity contribution in [3.05, 3.63) is 36.3 Å². The Bertz CT molecular complexity index is 941. The molecule has 134 valence electrons. The lowest BCUT2D eigenvalue weighted by Gasteiger charge is -2.44. The van der Waals surface area contributed by atoms with E-state index < -0.39 is 0 Å². The normalized spacial score (nSPS) is 17.5. The molecule has 3 aromatic rings. The molecule has 2 aliphatic rings. The Morgan fingerprint density at radius 2 is 2.00 bits per heavy atom. The van der Waals surface area contributed by atoms with Crippen molar-refractivity contribution in [3.8, 4) is 0 Å². The first-order valence-electron chi connectivity index (χ1n) is 9.23. The van der Waals surface area contributed by atoms with Crippen LogP contribution in [0, 0.1) is 0 Å². The van der Waals surface area contributed by atoms with Crippen LogP contribution in [0.4, 0.5) is 11.6 Å². The highest BCUT2D eigenvalue weighted by atomic mass is 15.4. The van der Waals surface area contributed by atoms with Crippen molar-refractivity contribution >= 4 is 17.3 Å². The summed E-state index contributed by atoms with van der Waals surface area (Å²) in [4.78, 5) is 17.9. The van der Waals surface area contributed by atoms with Gasteiger partial charge in [-0.05, 0) is 12.8 Å². The van der Waals surface area contributed by atoms with Gasteiger partial charge in [-0.1, -0.05) is 6.92 Å². The standard InChI is InChI=1S/C18H22N8/c1-3-15-22-23-18-17(19-6-7-26(15)18)25-9-13(10-25)24(2)16-8-14(12-4-5-12)20-11-21-16/h6-8,11-13H,3-5,9-10H2,1-2H3. The van der Waals surface area contributed by atoms with E-state index in [4.69, 9.17) is 0 Å². The van der Waals surface area contributed by atoms with Crippen LogP contribution in [0.25, 0.3) is 5.65 Å². The molecule has 0 radical (unpaired) electrons. The minimum Gasteiger partial charge on any atom is -0.353 e. The lowest BCUT2D eigenvalue weighted by molar-refractivity contribution is 0.489. The molecule has 4 heterocycles. The van der Waals surface area contributed by atoms with Crippen molar-refractivity contribution in [3.63, 3.8) is 0 Å². The molecule has 8 nitrogen and oxygen atoms in total. The Kier molecular flexibility index (Phi) is 3.51. The van der Waals surface area contributed by atoms with Crippen molar-refractivity contribution in [2.24, 2.45) is 0 Å². The summed E-state index contributed by atoms with van der Waals surface area (Å²) >= 11 is 0. The highest BCUT2D eigenvalue weighted by Crippen LogP contribution is 2.39. The van der Waals surface area contributed by atoms with Crippen LogP contribution in [0.5, 0.6) is 0 Å². The third-order valence-corrected chi connectivity index (χ3v) is 5.44. The van der Waals surface area contributed by atoms with Gasteiger partial charge < -0.3 is 9.80 Å². The monoisotopic (exact) mass is 350 g/mol. The minimum absolute atomic E-state index is 0.410. The van der Waals surface area contributed by atoms with E-state index in [9.17, 15) is 0 Å². The molecule has 0 N–H and O–H groups in total. The zero-order valence-corrected chi connectivity index (χ0v) is 15.1. The molecule has 1 saturated heterocycles. The lowest BCUT2D eigenvalue weighted by atomic mass is 10.1. The van der Waals surface area contributed by atoms with E-state index >= 15 is 0 Å². The summed E-state index contributed by atoms with van der Waals surface area (Å²) in [5, 5.41) is 8.60. The van der Waals surface area contributed by atoms with Crippen LogP contribution in [-0.2, 0) is 6.42 Å². The predicted octanol–water partition coefficient (Wildman–Crippen LogP) is 1.68. The molecule has 8 heteroatoms. The number of aromatic nitrogens is 6. The molecule has 1 aliphatic carbocycles. The number of rotatable bonds is 5. The molecular formula is C18H22N8. The second-order valence-electron chi connectivity index (χ2n) is 7.16. The maximum Gasteiger partial charge on any atom is 0.203 e. The first-order valence-corrected chi connectivity index (χ1v) is 9.23. The molecule has 0 amide bonds. The first kappa shape index (κ1) is 15.5. The zero-order chi connectivity index (χ0) is 17.7. The highest BCUT2D eigenvalue weighted by molar-refractivity contribution is 5.66. The van der Waals surface area contributed by atoms with Gasteiger partial charge in [-0.25, -0.2) is 15.0 Å². The van der Waals surface area contributed by atoms with Gasteiger partial charge in [0.1, 0.15) is 18.0 Å². The topological polar surface area (TPSA) is 75.3 Å². The van der Waals surface area contributed by atoms with Crippen molar-refractivity contribution in [1.82, 2.24) is 29.5 Å². The third-order valence-electron chi connectivity index (χ3n) is 5.44. The lowest BCUT2D eigenvalue weighted by Crippen LogP contribution is -2.59. The molecule has 0 unspecified atom stereocenters. The molecule has 0 bridgehead atoms. The van der Waals surface area contributed by atoms with E-state index in [2.05, 4.69) is 55.0 Å². The fraction of sp³-hybridized carbons (Fsp3) is 0.500. The Balaban J connectivity index is 1.33. The van der Waals surface area contributed by atoms with Crippen LogP contribution in [0.2, 0.25) is 0 Å². The zero-order valence-electron chi connectivity index (χ0n) is 15.1. The Morgan fingerprint density at radius 3 is 2.77 bits per heavy atom. The average molecular weight is 350 g/mol. The molecule has 0 spiro atoms. The Labute approximate surface area is 151 Å². The molecule has 1 aliphatic heterocycles. The second kappa shape index (κ2) is 5.89. The number of anilines is 2. The molecule has 2 fully saturated rings. The van der Waals surface area contributed by atoms with Crippen LogP contribution in [-0.4, -0.2) is 55.7 Å². The van der Waals surface area contributed by atoms with Crippen molar-refractivity contribution < 1.29 is 0 Å². The van der Waals surface area contributed by atoms with E-state index in [0.29, 0.717) is 12.0 Å². The molecule has 26 heavy (non-hydrogen) atoms. The largest absolute Gasteiger partial charge is 0.353 e. The molecule has 1 saturated carbocycles. The van der Waals surface area contributed by atoms with E-state index in [1.807, 2.05) is 16.8 Å². The first-order chi connectivity index (χ1) is 12.7. The number of nitrogens with zero attached hydrogens (tertiary/aromatic N) is 8. The Morgan fingerprint density at radius 1 is 1.15 bits per heavy atom. The maximum absolute atomic E-state index is 4.55. The number of hydrogen-bond acceptors (Lipinski definition) is 7. The fourth-order valence-electron chi connectivity index (χ4n) is 3.54. The molecule has 0 atom stereocenters. The maximum atomic E-state index is 4.55. The van der Waals surface area contributed by atoms with Gasteiger partial charge in [-0.15, -0.1) is 10.2 Å². The van der Waals surface area contributed by atoms with E-state index in [-0.39, 0.29) is 0 Å². The number of hydrogen-bond donors (Lipinski definition) is 0. The van der Waals surface area contributed by atoms with Crippen LogP contribution in [0.3, 0.4) is 0 Å². The van der Waals surface area contributed by atoms with Crippen LogP contribution >= 0.6 is 0 Å². The molecular weight excluding hydrogens is 328 g/mol. The van der Waals surface area contributed by atoms with Gasteiger partial charge in [0.05, 0.1) is 6.04 Å². The summed E-state index contributed by atoms with van der Waals surface area (Å²) in [7, 11) is 2.11. The average Bonchev–Trinajstić information content (AvgIpc) is 3.40. The van der Waals surface area contributed by atoms with E-state index in [0.717, 1.165) is 42.6 Å². The number of aryl methyl sites for hydroxylation is 1. The predicted molar refractivity (Wildman–Crippen MR) is 98.6 cm³/mol. The van der Waals surface area contributed by atoms with Crippen molar-refractivity contribution in [1.29, 1.82) is 0 Å². The Hall–Kier alpha value is -2.77. The van der Waals surface area contributed by atoms with Crippen molar-refractivity contribution in [2.45, 2.75) is 38.1 Å². The fourth-order valence-corrected chi connectivity index (χ4v) is 3.54. The highest BCUT2D eigenvalue weighted by Gasteiger charge is 2.34. The van der Waals surface area contributed by atoms with Crippen molar-refractivity contribution in [2.75, 3.05) is 29.9 Å². The number of likely N-dealkylation sites (N-methyl/N-ethyl adjacent to an activating group) is 1. The van der Waals surface area contributed by atoms with Crippen LogP contribution in [0.1, 0.15) is 37.2 Å². The van der Waals surface area contributed by atoms with Gasteiger partial charge in [0.2, 0.25) is 5.65 Å². The summed E-state index contributed by atoms with van der Waals surface area (Å²) in [5.41, 5.74) is 2.02. The quantitative estimate of drug-likeness (QED) is 0.693. The van der Waals surface area contributed by atoms with Crippen LogP contribution < -0.4 is 9.80 Å². The number of fused-ring (bicyclic) bond motifs is 1. The summed E-state index contributed by atoms with van der Waals surface area (Å²) < 4.78 is 2.03.